The van der Waals surface area contributed by atoms with Crippen molar-refractivity contribution in [2.75, 3.05) is 32.5 Å². The highest BCUT2D eigenvalue weighted by Gasteiger charge is 2.21. The van der Waals surface area contributed by atoms with Crippen LogP contribution >= 0.6 is 0 Å². The van der Waals surface area contributed by atoms with E-state index in [4.69, 9.17) is 10.5 Å². The SMILES string of the molecule is CCOC(=O)CN1CCc2cc(C(=O)N(C)Cc3cccc(N)n3)ccc2C1. The zero-order valence-electron chi connectivity index (χ0n) is 16.4. The van der Waals surface area contributed by atoms with Crippen LogP contribution in [0.3, 0.4) is 0 Å². The molecule has 0 unspecified atom stereocenters. The molecule has 1 aromatic heterocycles. The first-order valence-corrected chi connectivity index (χ1v) is 9.43. The highest BCUT2D eigenvalue weighted by Crippen LogP contribution is 2.21. The van der Waals surface area contributed by atoms with E-state index in [1.807, 2.05) is 37.3 Å². The van der Waals surface area contributed by atoms with Crippen LogP contribution in [-0.2, 0) is 29.0 Å². The maximum Gasteiger partial charge on any atom is 0.320 e. The molecule has 148 valence electrons. The van der Waals surface area contributed by atoms with Crippen LogP contribution in [0.5, 0.6) is 0 Å². The van der Waals surface area contributed by atoms with Crippen LogP contribution < -0.4 is 5.73 Å². The maximum atomic E-state index is 12.8. The van der Waals surface area contributed by atoms with Crippen molar-refractivity contribution in [3.05, 3.63) is 58.8 Å². The molecular weight excluding hydrogens is 356 g/mol. The molecule has 1 aliphatic rings. The molecule has 0 saturated heterocycles. The number of nitrogens with zero attached hydrogens (tertiary/aromatic N) is 3. The van der Waals surface area contributed by atoms with Crippen molar-refractivity contribution < 1.29 is 14.3 Å². The number of nitrogens with two attached hydrogens (primary N) is 1. The molecule has 7 nitrogen and oxygen atoms in total. The van der Waals surface area contributed by atoms with Gasteiger partial charge in [0.2, 0.25) is 0 Å². The highest BCUT2D eigenvalue weighted by molar-refractivity contribution is 5.94. The van der Waals surface area contributed by atoms with Crippen LogP contribution in [0.1, 0.15) is 34.1 Å². The van der Waals surface area contributed by atoms with Crippen molar-refractivity contribution in [2.24, 2.45) is 0 Å². The number of esters is 1. The van der Waals surface area contributed by atoms with E-state index in [0.717, 1.165) is 29.8 Å². The second-order valence-electron chi connectivity index (χ2n) is 6.96. The lowest BCUT2D eigenvalue weighted by atomic mass is 9.97. The van der Waals surface area contributed by atoms with Crippen LogP contribution in [0.2, 0.25) is 0 Å². The molecular formula is C21H26N4O3. The first-order valence-electron chi connectivity index (χ1n) is 9.43. The van der Waals surface area contributed by atoms with Crippen molar-refractivity contribution in [3.63, 3.8) is 0 Å². The molecule has 2 heterocycles. The minimum Gasteiger partial charge on any atom is -0.465 e. The predicted octanol–water partition coefficient (Wildman–Crippen LogP) is 1.86. The molecule has 2 N–H and O–H groups in total. The first-order chi connectivity index (χ1) is 13.5. The fraction of sp³-hybridized carbons (Fsp3) is 0.381. The summed E-state index contributed by atoms with van der Waals surface area (Å²) in [5.74, 6) is 0.190. The number of hydrogen-bond donors (Lipinski definition) is 1. The van der Waals surface area contributed by atoms with E-state index in [1.54, 1.807) is 18.0 Å². The van der Waals surface area contributed by atoms with Gasteiger partial charge in [-0.25, -0.2) is 4.98 Å². The summed E-state index contributed by atoms with van der Waals surface area (Å²) in [5.41, 5.74) is 9.42. The highest BCUT2D eigenvalue weighted by atomic mass is 16.5. The fourth-order valence-electron chi connectivity index (χ4n) is 3.39. The number of ether oxygens (including phenoxy) is 1. The van der Waals surface area contributed by atoms with Crippen LogP contribution in [0, 0.1) is 0 Å². The van der Waals surface area contributed by atoms with Crippen molar-refractivity contribution in [1.29, 1.82) is 0 Å². The lowest BCUT2D eigenvalue weighted by Gasteiger charge is -2.28. The minimum absolute atomic E-state index is 0.0547. The number of hydrogen-bond acceptors (Lipinski definition) is 6. The molecule has 0 bridgehead atoms. The molecule has 1 aromatic carbocycles. The van der Waals surface area contributed by atoms with Crippen LogP contribution in [0.4, 0.5) is 5.82 Å². The third-order valence-corrected chi connectivity index (χ3v) is 4.78. The van der Waals surface area contributed by atoms with Crippen molar-refractivity contribution >= 4 is 17.7 Å². The molecule has 3 rings (SSSR count). The number of carbonyl (C=O) groups excluding carboxylic acids is 2. The zero-order valence-corrected chi connectivity index (χ0v) is 16.4. The Kier molecular flexibility index (Phi) is 6.26. The largest absolute Gasteiger partial charge is 0.465 e. The van der Waals surface area contributed by atoms with Crippen LogP contribution in [0.25, 0.3) is 0 Å². The van der Waals surface area contributed by atoms with E-state index in [0.29, 0.717) is 37.6 Å². The summed E-state index contributed by atoms with van der Waals surface area (Å²) in [6, 6.07) is 11.2. The topological polar surface area (TPSA) is 88.8 Å². The summed E-state index contributed by atoms with van der Waals surface area (Å²) < 4.78 is 5.02. The van der Waals surface area contributed by atoms with Gasteiger partial charge in [-0.1, -0.05) is 12.1 Å². The van der Waals surface area contributed by atoms with Gasteiger partial charge in [-0.3, -0.25) is 14.5 Å². The van der Waals surface area contributed by atoms with Crippen LogP contribution in [0.15, 0.2) is 36.4 Å². The molecule has 1 aliphatic heterocycles. The van der Waals surface area contributed by atoms with Gasteiger partial charge in [0, 0.05) is 25.7 Å². The van der Waals surface area contributed by atoms with Crippen LogP contribution in [-0.4, -0.2) is 53.4 Å². The molecule has 7 heteroatoms. The monoisotopic (exact) mass is 382 g/mol. The Balaban J connectivity index is 1.65. The van der Waals surface area contributed by atoms with Gasteiger partial charge in [-0.2, -0.15) is 0 Å². The fourth-order valence-corrected chi connectivity index (χ4v) is 3.39. The summed E-state index contributed by atoms with van der Waals surface area (Å²) in [5, 5.41) is 0. The van der Waals surface area contributed by atoms with Gasteiger partial charge in [0.1, 0.15) is 5.82 Å². The number of fused-ring (bicyclic) bond motifs is 1. The molecule has 0 atom stereocenters. The van der Waals surface area contributed by atoms with E-state index in [2.05, 4.69) is 9.88 Å². The standard InChI is InChI=1S/C21H26N4O3/c1-3-28-20(26)14-25-10-9-15-11-16(7-8-17(15)12-25)21(27)24(2)13-18-5-4-6-19(22)23-18/h4-8,11H,3,9-10,12-14H2,1-2H3,(H2,22,23). The smallest absolute Gasteiger partial charge is 0.320 e. The second-order valence-corrected chi connectivity index (χ2v) is 6.96. The molecule has 28 heavy (non-hydrogen) atoms. The van der Waals surface area contributed by atoms with Crippen molar-refractivity contribution in [2.45, 2.75) is 26.4 Å². The summed E-state index contributed by atoms with van der Waals surface area (Å²) in [6.07, 6.45) is 0.802. The van der Waals surface area contributed by atoms with E-state index >= 15 is 0 Å². The summed E-state index contributed by atoms with van der Waals surface area (Å²) in [4.78, 5) is 32.4. The number of nitrogen functional groups attached to an aromatic ring is 1. The van der Waals surface area contributed by atoms with E-state index in [-0.39, 0.29) is 11.9 Å². The lowest BCUT2D eigenvalue weighted by Crippen LogP contribution is -2.35. The number of anilines is 1. The Morgan fingerprint density at radius 3 is 2.82 bits per heavy atom. The predicted molar refractivity (Wildman–Crippen MR) is 107 cm³/mol. The molecule has 0 fully saturated rings. The molecule has 0 radical (unpaired) electrons. The normalized spacial score (nSPS) is 13.6. The van der Waals surface area contributed by atoms with Gasteiger partial charge in [0.25, 0.3) is 5.91 Å². The molecule has 0 aliphatic carbocycles. The Labute approximate surface area is 165 Å². The Hall–Kier alpha value is -2.93. The molecule has 0 saturated carbocycles. The average Bonchev–Trinajstić information content (AvgIpc) is 2.67. The van der Waals surface area contributed by atoms with Gasteiger partial charge in [0.05, 0.1) is 25.4 Å². The van der Waals surface area contributed by atoms with Gasteiger partial charge in [0.15, 0.2) is 0 Å². The van der Waals surface area contributed by atoms with Crippen molar-refractivity contribution in [1.82, 2.24) is 14.8 Å². The summed E-state index contributed by atoms with van der Waals surface area (Å²) in [7, 11) is 1.76. The Morgan fingerprint density at radius 1 is 1.25 bits per heavy atom. The third-order valence-electron chi connectivity index (χ3n) is 4.78. The summed E-state index contributed by atoms with van der Waals surface area (Å²) in [6.45, 7) is 4.35. The quantitative estimate of drug-likeness (QED) is 0.767. The van der Waals surface area contributed by atoms with E-state index in [9.17, 15) is 9.59 Å². The number of carbonyl (C=O) groups is 2. The second kappa shape index (κ2) is 8.84. The van der Waals surface area contributed by atoms with Gasteiger partial charge >= 0.3 is 5.97 Å². The molecule has 0 spiro atoms. The molecule has 2 aromatic rings. The number of aromatic nitrogens is 1. The van der Waals surface area contributed by atoms with Gasteiger partial charge in [-0.05, 0) is 48.7 Å². The average molecular weight is 382 g/mol. The maximum absolute atomic E-state index is 12.8. The Bertz CT molecular complexity index is 868. The lowest BCUT2D eigenvalue weighted by molar-refractivity contribution is -0.144. The number of pyridine rings is 1. The van der Waals surface area contributed by atoms with Gasteiger partial charge < -0.3 is 15.4 Å². The summed E-state index contributed by atoms with van der Waals surface area (Å²) >= 11 is 0. The number of rotatable bonds is 6. The number of benzene rings is 1. The van der Waals surface area contributed by atoms with Gasteiger partial charge in [-0.15, -0.1) is 0 Å². The van der Waals surface area contributed by atoms with Crippen molar-refractivity contribution in [3.8, 4) is 0 Å². The zero-order chi connectivity index (χ0) is 20.1. The minimum atomic E-state index is -0.200. The Morgan fingerprint density at radius 2 is 2.07 bits per heavy atom. The van der Waals surface area contributed by atoms with E-state index < -0.39 is 0 Å². The van der Waals surface area contributed by atoms with E-state index in [1.165, 1.54) is 0 Å². The first kappa shape index (κ1) is 19.8. The number of amides is 1. The molecule has 1 amide bonds. The third kappa shape index (κ3) is 4.86.